The number of rotatable bonds is 5. The molecule has 0 saturated carbocycles. The highest BCUT2D eigenvalue weighted by Crippen LogP contribution is 2.29. The van der Waals surface area contributed by atoms with Gasteiger partial charge in [-0.15, -0.1) is 10.2 Å². The highest BCUT2D eigenvalue weighted by atomic mass is 35.5. The van der Waals surface area contributed by atoms with E-state index in [0.717, 1.165) is 11.3 Å². The van der Waals surface area contributed by atoms with Crippen LogP contribution in [0.15, 0.2) is 52.9 Å². The number of nitrogens with zero attached hydrogens (tertiary/aromatic N) is 2. The molecular weight excluding hydrogens is 314 g/mol. The molecule has 1 aromatic heterocycles. The van der Waals surface area contributed by atoms with E-state index >= 15 is 0 Å². The van der Waals surface area contributed by atoms with Crippen LogP contribution in [0.25, 0.3) is 11.5 Å². The van der Waals surface area contributed by atoms with E-state index in [4.69, 9.17) is 20.8 Å². The standard InChI is InChI=1S/C17H16ClN3O2/c1-11(19-13-8-9-15(22-2)14(18)10-13)16-20-21-17(23-16)12-6-4-3-5-7-12/h3-11,19H,1-2H3/t11-/m1/s1. The van der Waals surface area contributed by atoms with E-state index in [9.17, 15) is 0 Å². The van der Waals surface area contributed by atoms with Gasteiger partial charge in [0, 0.05) is 11.3 Å². The first-order valence-corrected chi connectivity index (χ1v) is 7.54. The first-order valence-electron chi connectivity index (χ1n) is 7.16. The lowest BCUT2D eigenvalue weighted by atomic mass is 10.2. The third-order valence-electron chi connectivity index (χ3n) is 3.37. The number of aromatic nitrogens is 2. The van der Waals surface area contributed by atoms with E-state index in [1.54, 1.807) is 19.2 Å². The average Bonchev–Trinajstić information content (AvgIpc) is 3.06. The highest BCUT2D eigenvalue weighted by molar-refractivity contribution is 6.32. The average molecular weight is 330 g/mol. The zero-order valence-electron chi connectivity index (χ0n) is 12.8. The van der Waals surface area contributed by atoms with Crippen molar-refractivity contribution >= 4 is 17.3 Å². The van der Waals surface area contributed by atoms with Gasteiger partial charge in [0.05, 0.1) is 12.1 Å². The lowest BCUT2D eigenvalue weighted by molar-refractivity contribution is 0.415. The Morgan fingerprint density at radius 2 is 1.91 bits per heavy atom. The van der Waals surface area contributed by atoms with E-state index in [1.165, 1.54) is 0 Å². The molecule has 0 radical (unpaired) electrons. The first kappa shape index (κ1) is 15.4. The molecule has 0 spiro atoms. The number of methoxy groups -OCH3 is 1. The van der Waals surface area contributed by atoms with Crippen LogP contribution in [0.2, 0.25) is 5.02 Å². The van der Waals surface area contributed by atoms with Crippen LogP contribution in [0.4, 0.5) is 5.69 Å². The maximum absolute atomic E-state index is 6.13. The lowest BCUT2D eigenvalue weighted by Gasteiger charge is -2.12. The quantitative estimate of drug-likeness (QED) is 0.742. The number of halogens is 1. The molecule has 5 nitrogen and oxygen atoms in total. The van der Waals surface area contributed by atoms with Crippen molar-refractivity contribution < 1.29 is 9.15 Å². The number of anilines is 1. The number of nitrogens with one attached hydrogen (secondary N) is 1. The molecule has 0 fully saturated rings. The van der Waals surface area contributed by atoms with Crippen molar-refractivity contribution in [2.75, 3.05) is 12.4 Å². The Hall–Kier alpha value is -2.53. The minimum Gasteiger partial charge on any atom is -0.495 e. The Balaban J connectivity index is 1.75. The lowest BCUT2D eigenvalue weighted by Crippen LogP contribution is -2.07. The van der Waals surface area contributed by atoms with Gasteiger partial charge in [0.1, 0.15) is 11.8 Å². The topological polar surface area (TPSA) is 60.2 Å². The zero-order chi connectivity index (χ0) is 16.2. The van der Waals surface area contributed by atoms with Crippen molar-refractivity contribution in [3.8, 4) is 17.2 Å². The van der Waals surface area contributed by atoms with E-state index in [1.807, 2.05) is 43.3 Å². The molecule has 118 valence electrons. The number of ether oxygens (including phenoxy) is 1. The van der Waals surface area contributed by atoms with Crippen molar-refractivity contribution in [2.24, 2.45) is 0 Å². The Morgan fingerprint density at radius 1 is 1.13 bits per heavy atom. The fraction of sp³-hybridized carbons (Fsp3) is 0.176. The first-order chi connectivity index (χ1) is 11.2. The van der Waals surface area contributed by atoms with Crippen LogP contribution in [0, 0.1) is 0 Å². The third kappa shape index (κ3) is 3.46. The van der Waals surface area contributed by atoms with Crippen molar-refractivity contribution in [3.05, 3.63) is 59.4 Å². The highest BCUT2D eigenvalue weighted by Gasteiger charge is 2.15. The molecule has 3 aromatic rings. The molecule has 23 heavy (non-hydrogen) atoms. The second-order valence-electron chi connectivity index (χ2n) is 5.03. The predicted molar refractivity (Wildman–Crippen MR) is 89.8 cm³/mol. The van der Waals surface area contributed by atoms with E-state index in [0.29, 0.717) is 22.6 Å². The van der Waals surface area contributed by atoms with E-state index in [-0.39, 0.29) is 6.04 Å². The Bertz CT molecular complexity index is 790. The van der Waals surface area contributed by atoms with Gasteiger partial charge in [-0.05, 0) is 37.3 Å². The normalized spacial score (nSPS) is 12.0. The second kappa shape index (κ2) is 6.71. The maximum Gasteiger partial charge on any atom is 0.247 e. The van der Waals surface area contributed by atoms with E-state index < -0.39 is 0 Å². The SMILES string of the molecule is COc1ccc(N[C@H](C)c2nnc(-c3ccccc3)o2)cc1Cl. The molecule has 0 unspecified atom stereocenters. The summed E-state index contributed by atoms with van der Waals surface area (Å²) in [6.07, 6.45) is 0. The zero-order valence-corrected chi connectivity index (χ0v) is 13.5. The van der Waals surface area contributed by atoms with Crippen molar-refractivity contribution in [3.63, 3.8) is 0 Å². The van der Waals surface area contributed by atoms with Crippen molar-refractivity contribution in [1.82, 2.24) is 10.2 Å². The second-order valence-corrected chi connectivity index (χ2v) is 5.43. The number of hydrogen-bond acceptors (Lipinski definition) is 5. The van der Waals surface area contributed by atoms with Gasteiger partial charge in [-0.1, -0.05) is 29.8 Å². The molecule has 1 heterocycles. The molecule has 0 saturated heterocycles. The minimum atomic E-state index is -0.149. The van der Waals surface area contributed by atoms with Crippen LogP contribution in [0.1, 0.15) is 18.9 Å². The summed E-state index contributed by atoms with van der Waals surface area (Å²) >= 11 is 6.13. The minimum absolute atomic E-state index is 0.149. The summed E-state index contributed by atoms with van der Waals surface area (Å²) in [6, 6.07) is 15.0. The fourth-order valence-corrected chi connectivity index (χ4v) is 2.43. The Kier molecular flexibility index (Phi) is 4.48. The van der Waals surface area contributed by atoms with Crippen LogP contribution in [0.5, 0.6) is 5.75 Å². The van der Waals surface area contributed by atoms with Crippen molar-refractivity contribution in [1.29, 1.82) is 0 Å². The summed E-state index contributed by atoms with van der Waals surface area (Å²) in [4.78, 5) is 0. The smallest absolute Gasteiger partial charge is 0.247 e. The molecule has 0 aliphatic carbocycles. The van der Waals surface area contributed by atoms with Gasteiger partial charge in [0.25, 0.3) is 0 Å². The summed E-state index contributed by atoms with van der Waals surface area (Å²) in [7, 11) is 1.58. The molecule has 0 aliphatic heterocycles. The summed E-state index contributed by atoms with van der Waals surface area (Å²) < 4.78 is 10.9. The van der Waals surface area contributed by atoms with Gasteiger partial charge < -0.3 is 14.5 Å². The summed E-state index contributed by atoms with van der Waals surface area (Å²) in [5.41, 5.74) is 1.74. The number of benzene rings is 2. The molecular formula is C17H16ClN3O2. The van der Waals surface area contributed by atoms with Gasteiger partial charge >= 0.3 is 0 Å². The van der Waals surface area contributed by atoms with Gasteiger partial charge in [0.15, 0.2) is 0 Å². The van der Waals surface area contributed by atoms with Crippen LogP contribution < -0.4 is 10.1 Å². The van der Waals surface area contributed by atoms with Crippen molar-refractivity contribution in [2.45, 2.75) is 13.0 Å². The van der Waals surface area contributed by atoms with Gasteiger partial charge in [-0.2, -0.15) is 0 Å². The molecule has 6 heteroatoms. The van der Waals surface area contributed by atoms with Crippen LogP contribution in [-0.4, -0.2) is 17.3 Å². The molecule has 3 rings (SSSR count). The van der Waals surface area contributed by atoms with Crippen LogP contribution in [-0.2, 0) is 0 Å². The molecule has 1 N–H and O–H groups in total. The maximum atomic E-state index is 6.13. The molecule has 2 aromatic carbocycles. The molecule has 0 amide bonds. The fourth-order valence-electron chi connectivity index (χ4n) is 2.17. The monoisotopic (exact) mass is 329 g/mol. The molecule has 1 atom stereocenters. The largest absolute Gasteiger partial charge is 0.495 e. The summed E-state index contributed by atoms with van der Waals surface area (Å²) in [6.45, 7) is 1.94. The summed E-state index contributed by atoms with van der Waals surface area (Å²) in [5.74, 6) is 1.65. The third-order valence-corrected chi connectivity index (χ3v) is 3.66. The Labute approximate surface area is 139 Å². The molecule has 0 aliphatic rings. The van der Waals surface area contributed by atoms with Gasteiger partial charge in [-0.3, -0.25) is 0 Å². The van der Waals surface area contributed by atoms with Crippen LogP contribution in [0.3, 0.4) is 0 Å². The van der Waals surface area contributed by atoms with Crippen LogP contribution >= 0.6 is 11.6 Å². The molecule has 0 bridgehead atoms. The van der Waals surface area contributed by atoms with Gasteiger partial charge in [-0.25, -0.2) is 0 Å². The number of hydrogen-bond donors (Lipinski definition) is 1. The van der Waals surface area contributed by atoms with E-state index in [2.05, 4.69) is 15.5 Å². The summed E-state index contributed by atoms with van der Waals surface area (Å²) in [5, 5.41) is 12.0. The van der Waals surface area contributed by atoms with Gasteiger partial charge in [0.2, 0.25) is 11.8 Å². The predicted octanol–water partition coefficient (Wildman–Crippen LogP) is 4.57. The Morgan fingerprint density at radius 3 is 2.61 bits per heavy atom.